The highest BCUT2D eigenvalue weighted by Crippen LogP contribution is 2.34. The number of unbranched alkanes of at least 4 members (excludes halogenated alkanes) is 5. The fourth-order valence-corrected chi connectivity index (χ4v) is 3.41. The van der Waals surface area contributed by atoms with Crippen LogP contribution in [0, 0.1) is 5.92 Å². The van der Waals surface area contributed by atoms with Gasteiger partial charge >= 0.3 is 5.97 Å². The van der Waals surface area contributed by atoms with Gasteiger partial charge in [-0.3, -0.25) is 4.79 Å². The van der Waals surface area contributed by atoms with Gasteiger partial charge < -0.3 is 5.11 Å². The topological polar surface area (TPSA) is 63.1 Å². The smallest absolute Gasteiger partial charge is 0.306 e. The van der Waals surface area contributed by atoms with Crippen LogP contribution in [0.15, 0.2) is 12.4 Å². The Balaban J connectivity index is 1.71. The first kappa shape index (κ1) is 17.9. The molecule has 128 valence electrons. The molecule has 2 rings (SSSR count). The molecule has 1 aromatic heterocycles. The van der Waals surface area contributed by atoms with Gasteiger partial charge in [0.1, 0.15) is 5.82 Å². The van der Waals surface area contributed by atoms with E-state index in [0.29, 0.717) is 5.92 Å². The molecule has 1 saturated carbocycles. The van der Waals surface area contributed by atoms with Crippen LogP contribution in [-0.2, 0) is 11.2 Å². The molecule has 0 spiro atoms. The number of nitrogens with zero attached hydrogens (tertiary/aromatic N) is 2. The second kappa shape index (κ2) is 9.64. The molecule has 1 fully saturated rings. The standard InChI is InChI=1S/C19H30N2O2/c1-2-3-4-5-6-7-8-15-13-20-18(21-14-15)16-9-11-17(12-10-16)19(22)23/h13-14,16-17H,2-12H2,1H3,(H,22,23). The van der Waals surface area contributed by atoms with E-state index in [0.717, 1.165) is 37.9 Å². The van der Waals surface area contributed by atoms with Crippen LogP contribution in [0.25, 0.3) is 0 Å². The number of aryl methyl sites for hydroxylation is 1. The Hall–Kier alpha value is -1.45. The van der Waals surface area contributed by atoms with Gasteiger partial charge in [-0.25, -0.2) is 9.97 Å². The predicted molar refractivity (Wildman–Crippen MR) is 91.4 cm³/mol. The summed E-state index contributed by atoms with van der Waals surface area (Å²) < 4.78 is 0. The first-order valence-electron chi connectivity index (χ1n) is 9.24. The molecular weight excluding hydrogens is 288 g/mol. The summed E-state index contributed by atoms with van der Waals surface area (Å²) in [6.45, 7) is 2.24. The van der Waals surface area contributed by atoms with Gasteiger partial charge in [0.25, 0.3) is 0 Å². The molecule has 1 heterocycles. The Morgan fingerprint density at radius 2 is 1.65 bits per heavy atom. The molecule has 1 aliphatic carbocycles. The second-order valence-corrected chi connectivity index (χ2v) is 6.85. The van der Waals surface area contributed by atoms with E-state index in [1.54, 1.807) is 0 Å². The molecule has 0 radical (unpaired) electrons. The molecule has 0 atom stereocenters. The maximum absolute atomic E-state index is 11.0. The molecule has 1 N–H and O–H groups in total. The monoisotopic (exact) mass is 318 g/mol. The molecule has 1 aliphatic rings. The maximum atomic E-state index is 11.0. The van der Waals surface area contributed by atoms with Crippen molar-refractivity contribution < 1.29 is 9.90 Å². The molecule has 23 heavy (non-hydrogen) atoms. The lowest BCUT2D eigenvalue weighted by atomic mass is 9.81. The summed E-state index contributed by atoms with van der Waals surface area (Å²) in [6.07, 6.45) is 16.1. The zero-order valence-electron chi connectivity index (χ0n) is 14.3. The van der Waals surface area contributed by atoms with E-state index in [-0.39, 0.29) is 5.92 Å². The highest BCUT2D eigenvalue weighted by molar-refractivity contribution is 5.70. The zero-order valence-corrected chi connectivity index (χ0v) is 14.3. The van der Waals surface area contributed by atoms with E-state index >= 15 is 0 Å². The van der Waals surface area contributed by atoms with E-state index < -0.39 is 5.97 Å². The maximum Gasteiger partial charge on any atom is 0.306 e. The summed E-state index contributed by atoms with van der Waals surface area (Å²) in [4.78, 5) is 20.1. The Morgan fingerprint density at radius 1 is 1.04 bits per heavy atom. The van der Waals surface area contributed by atoms with Gasteiger partial charge in [-0.15, -0.1) is 0 Å². The van der Waals surface area contributed by atoms with Gasteiger partial charge in [-0.05, 0) is 44.1 Å². The van der Waals surface area contributed by atoms with E-state index in [9.17, 15) is 4.79 Å². The molecule has 1 aromatic rings. The number of aliphatic carboxylic acids is 1. The average molecular weight is 318 g/mol. The van der Waals surface area contributed by atoms with E-state index in [4.69, 9.17) is 5.11 Å². The summed E-state index contributed by atoms with van der Waals surface area (Å²) in [6, 6.07) is 0. The Kier molecular flexibility index (Phi) is 7.50. The van der Waals surface area contributed by atoms with Crippen molar-refractivity contribution in [3.8, 4) is 0 Å². The number of carboxylic acids is 1. The second-order valence-electron chi connectivity index (χ2n) is 6.85. The van der Waals surface area contributed by atoms with Crippen molar-refractivity contribution in [3.05, 3.63) is 23.8 Å². The summed E-state index contributed by atoms with van der Waals surface area (Å²) in [5, 5.41) is 9.05. The SMILES string of the molecule is CCCCCCCCc1cnc(C2CCC(C(=O)O)CC2)nc1. The number of aromatic nitrogens is 2. The third kappa shape index (κ3) is 5.92. The van der Waals surface area contributed by atoms with Gasteiger partial charge in [0.2, 0.25) is 0 Å². The lowest BCUT2D eigenvalue weighted by molar-refractivity contribution is -0.142. The van der Waals surface area contributed by atoms with Gasteiger partial charge in [0.05, 0.1) is 5.92 Å². The normalized spacial score (nSPS) is 21.3. The van der Waals surface area contributed by atoms with Crippen LogP contribution in [0.5, 0.6) is 0 Å². The van der Waals surface area contributed by atoms with Crippen LogP contribution in [0.3, 0.4) is 0 Å². The van der Waals surface area contributed by atoms with Crippen LogP contribution in [0.1, 0.15) is 88.4 Å². The van der Waals surface area contributed by atoms with E-state index in [1.165, 1.54) is 44.1 Å². The third-order valence-electron chi connectivity index (χ3n) is 4.99. The average Bonchev–Trinajstić information content (AvgIpc) is 2.58. The number of hydrogen-bond acceptors (Lipinski definition) is 3. The van der Waals surface area contributed by atoms with E-state index in [1.807, 2.05) is 12.4 Å². The Morgan fingerprint density at radius 3 is 2.26 bits per heavy atom. The van der Waals surface area contributed by atoms with Crippen LogP contribution in [0.2, 0.25) is 0 Å². The van der Waals surface area contributed by atoms with Crippen molar-refractivity contribution >= 4 is 5.97 Å². The molecule has 0 saturated heterocycles. The van der Waals surface area contributed by atoms with Crippen molar-refractivity contribution in [1.82, 2.24) is 9.97 Å². The van der Waals surface area contributed by atoms with Crippen LogP contribution in [-0.4, -0.2) is 21.0 Å². The van der Waals surface area contributed by atoms with Gasteiger partial charge in [-0.1, -0.05) is 39.0 Å². The van der Waals surface area contributed by atoms with E-state index in [2.05, 4.69) is 16.9 Å². The van der Waals surface area contributed by atoms with Crippen LogP contribution >= 0.6 is 0 Å². The van der Waals surface area contributed by atoms with Gasteiger partial charge in [0, 0.05) is 18.3 Å². The molecule has 0 aliphatic heterocycles. The minimum Gasteiger partial charge on any atom is -0.481 e. The first-order chi connectivity index (χ1) is 11.2. The highest BCUT2D eigenvalue weighted by atomic mass is 16.4. The molecular formula is C19H30N2O2. The third-order valence-corrected chi connectivity index (χ3v) is 4.99. The van der Waals surface area contributed by atoms with Crippen molar-refractivity contribution in [2.45, 2.75) is 83.5 Å². The number of carbonyl (C=O) groups is 1. The fraction of sp³-hybridized carbons (Fsp3) is 0.737. The molecule has 4 nitrogen and oxygen atoms in total. The number of hydrogen-bond donors (Lipinski definition) is 1. The molecule has 0 amide bonds. The van der Waals surface area contributed by atoms with Crippen molar-refractivity contribution in [2.75, 3.05) is 0 Å². The lowest BCUT2D eigenvalue weighted by Crippen LogP contribution is -2.21. The summed E-state index contributed by atoms with van der Waals surface area (Å²) >= 11 is 0. The molecule has 0 unspecified atom stereocenters. The molecule has 0 bridgehead atoms. The van der Waals surface area contributed by atoms with Crippen molar-refractivity contribution in [2.24, 2.45) is 5.92 Å². The summed E-state index contributed by atoms with van der Waals surface area (Å²) in [7, 11) is 0. The minimum atomic E-state index is -0.654. The first-order valence-corrected chi connectivity index (χ1v) is 9.24. The van der Waals surface area contributed by atoms with Crippen molar-refractivity contribution in [1.29, 1.82) is 0 Å². The Bertz CT molecular complexity index is 465. The quantitative estimate of drug-likeness (QED) is 0.668. The van der Waals surface area contributed by atoms with Crippen LogP contribution in [0.4, 0.5) is 0 Å². The van der Waals surface area contributed by atoms with Gasteiger partial charge in [-0.2, -0.15) is 0 Å². The molecule has 0 aromatic carbocycles. The Labute approximate surface area is 139 Å². The predicted octanol–water partition coefficient (Wildman–Crippen LogP) is 4.74. The molecule has 4 heteroatoms. The summed E-state index contributed by atoms with van der Waals surface area (Å²) in [5.41, 5.74) is 1.23. The van der Waals surface area contributed by atoms with Crippen LogP contribution < -0.4 is 0 Å². The highest BCUT2D eigenvalue weighted by Gasteiger charge is 2.27. The van der Waals surface area contributed by atoms with Crippen molar-refractivity contribution in [3.63, 3.8) is 0 Å². The zero-order chi connectivity index (χ0) is 16.5. The lowest BCUT2D eigenvalue weighted by Gasteiger charge is -2.24. The summed E-state index contributed by atoms with van der Waals surface area (Å²) in [5.74, 6) is 0.422. The number of carboxylic acid groups (broad SMARTS) is 1. The largest absolute Gasteiger partial charge is 0.481 e. The number of rotatable bonds is 9. The minimum absolute atomic E-state index is 0.168. The van der Waals surface area contributed by atoms with Gasteiger partial charge in [0.15, 0.2) is 0 Å². The fourth-order valence-electron chi connectivity index (χ4n) is 3.41.